The minimum atomic E-state index is -0.809. The van der Waals surface area contributed by atoms with E-state index in [2.05, 4.69) is 0 Å². The van der Waals surface area contributed by atoms with Crippen LogP contribution < -0.4 is 0 Å². The number of carbonyl (C=O) groups excluding carboxylic acids is 1. The van der Waals surface area contributed by atoms with Crippen LogP contribution in [-0.4, -0.2) is 17.5 Å². The molecule has 0 bridgehead atoms. The highest BCUT2D eigenvalue weighted by molar-refractivity contribution is 5.55. The van der Waals surface area contributed by atoms with Gasteiger partial charge in [-0.3, -0.25) is 0 Å². The molecule has 0 saturated heterocycles. The Bertz CT molecular complexity index is 118. The molecule has 1 N–H and O–H groups in total. The molecule has 0 unspecified atom stereocenters. The summed E-state index contributed by atoms with van der Waals surface area (Å²) in [6, 6.07) is 0. The van der Waals surface area contributed by atoms with Crippen LogP contribution in [0.2, 0.25) is 0 Å². The molecule has 0 aromatic carbocycles. The molecule has 2 nitrogen and oxygen atoms in total. The standard InChI is InChI=1S/C8H14O2/c1-3-4-5-7(2)8(10)6-9/h3-4,6-8,10H,5H2,1-2H3/b4-3+/t7-,8+/m1/s1. The first-order chi connectivity index (χ1) is 4.72. The number of hydrogen-bond donors (Lipinski definition) is 1. The Hall–Kier alpha value is -0.630. The van der Waals surface area contributed by atoms with Crippen LogP contribution in [0, 0.1) is 5.92 Å². The SMILES string of the molecule is C/C=C/C[C@@H](C)[C@@H](O)C=O. The second kappa shape index (κ2) is 5.18. The largest absolute Gasteiger partial charge is 0.385 e. The second-order valence-corrected chi connectivity index (χ2v) is 2.41. The zero-order valence-corrected chi connectivity index (χ0v) is 6.45. The smallest absolute Gasteiger partial charge is 0.148 e. The van der Waals surface area contributed by atoms with Crippen molar-refractivity contribution in [1.29, 1.82) is 0 Å². The number of hydrogen-bond acceptors (Lipinski definition) is 2. The van der Waals surface area contributed by atoms with E-state index in [1.54, 1.807) is 0 Å². The van der Waals surface area contributed by atoms with Gasteiger partial charge in [-0.1, -0.05) is 19.1 Å². The Balaban J connectivity index is 3.60. The van der Waals surface area contributed by atoms with Crippen LogP contribution in [0.15, 0.2) is 12.2 Å². The fraction of sp³-hybridized carbons (Fsp3) is 0.625. The minimum absolute atomic E-state index is 0.0358. The Morgan fingerprint density at radius 2 is 2.20 bits per heavy atom. The zero-order chi connectivity index (χ0) is 7.98. The van der Waals surface area contributed by atoms with Crippen LogP contribution in [-0.2, 0) is 4.79 Å². The molecule has 2 heteroatoms. The highest BCUT2D eigenvalue weighted by Crippen LogP contribution is 2.06. The molecule has 58 valence electrons. The summed E-state index contributed by atoms with van der Waals surface area (Å²) < 4.78 is 0. The maximum Gasteiger partial charge on any atom is 0.148 e. The van der Waals surface area contributed by atoms with Crippen molar-refractivity contribution in [2.45, 2.75) is 26.4 Å². The van der Waals surface area contributed by atoms with Crippen LogP contribution in [0.25, 0.3) is 0 Å². The van der Waals surface area contributed by atoms with Crippen LogP contribution in [0.1, 0.15) is 20.3 Å². The summed E-state index contributed by atoms with van der Waals surface area (Å²) in [6.45, 7) is 3.76. The normalized spacial score (nSPS) is 17.1. The summed E-state index contributed by atoms with van der Waals surface area (Å²) in [5.74, 6) is 0.0358. The maximum absolute atomic E-state index is 10.0. The molecular weight excluding hydrogens is 128 g/mol. The highest BCUT2D eigenvalue weighted by Gasteiger charge is 2.09. The van der Waals surface area contributed by atoms with Gasteiger partial charge in [-0.25, -0.2) is 0 Å². The van der Waals surface area contributed by atoms with E-state index in [4.69, 9.17) is 5.11 Å². The summed E-state index contributed by atoms with van der Waals surface area (Å²) in [5, 5.41) is 8.95. The molecular formula is C8H14O2. The van der Waals surface area contributed by atoms with E-state index in [1.807, 2.05) is 26.0 Å². The molecule has 0 amide bonds. The van der Waals surface area contributed by atoms with E-state index in [-0.39, 0.29) is 5.92 Å². The second-order valence-electron chi connectivity index (χ2n) is 2.41. The first-order valence-electron chi connectivity index (χ1n) is 3.47. The van der Waals surface area contributed by atoms with Crippen LogP contribution in [0.5, 0.6) is 0 Å². The number of carbonyl (C=O) groups is 1. The Morgan fingerprint density at radius 1 is 1.60 bits per heavy atom. The van der Waals surface area contributed by atoms with Gasteiger partial charge >= 0.3 is 0 Å². The van der Waals surface area contributed by atoms with Crippen LogP contribution in [0.4, 0.5) is 0 Å². The van der Waals surface area contributed by atoms with Crippen molar-refractivity contribution in [2.24, 2.45) is 5.92 Å². The van der Waals surface area contributed by atoms with Gasteiger partial charge in [0.2, 0.25) is 0 Å². The van der Waals surface area contributed by atoms with E-state index < -0.39 is 6.10 Å². The summed E-state index contributed by atoms with van der Waals surface area (Å²) in [4.78, 5) is 10.0. The zero-order valence-electron chi connectivity index (χ0n) is 6.45. The average Bonchev–Trinajstić information content (AvgIpc) is 1.98. The molecule has 0 rings (SSSR count). The van der Waals surface area contributed by atoms with Gasteiger partial charge < -0.3 is 9.90 Å². The third-order valence-electron chi connectivity index (χ3n) is 1.47. The first kappa shape index (κ1) is 9.37. The Morgan fingerprint density at radius 3 is 2.60 bits per heavy atom. The van der Waals surface area contributed by atoms with Crippen molar-refractivity contribution in [3.63, 3.8) is 0 Å². The van der Waals surface area contributed by atoms with Crippen LogP contribution in [0.3, 0.4) is 0 Å². The van der Waals surface area contributed by atoms with Gasteiger partial charge in [-0.2, -0.15) is 0 Å². The fourth-order valence-electron chi connectivity index (χ4n) is 0.624. The van der Waals surface area contributed by atoms with Gasteiger partial charge in [0.1, 0.15) is 12.4 Å². The molecule has 0 aliphatic carbocycles. The molecule has 0 aromatic rings. The van der Waals surface area contributed by atoms with Crippen LogP contribution >= 0.6 is 0 Å². The molecule has 10 heavy (non-hydrogen) atoms. The number of rotatable bonds is 4. The fourth-order valence-corrected chi connectivity index (χ4v) is 0.624. The summed E-state index contributed by atoms with van der Waals surface area (Å²) in [7, 11) is 0. The van der Waals surface area contributed by atoms with E-state index in [0.29, 0.717) is 6.29 Å². The van der Waals surface area contributed by atoms with Crippen molar-refractivity contribution < 1.29 is 9.90 Å². The van der Waals surface area contributed by atoms with Gasteiger partial charge in [-0.15, -0.1) is 0 Å². The summed E-state index contributed by atoms with van der Waals surface area (Å²) >= 11 is 0. The van der Waals surface area contributed by atoms with Gasteiger partial charge in [0.15, 0.2) is 0 Å². The third-order valence-corrected chi connectivity index (χ3v) is 1.47. The van der Waals surface area contributed by atoms with Crippen molar-refractivity contribution in [3.05, 3.63) is 12.2 Å². The maximum atomic E-state index is 10.0. The van der Waals surface area contributed by atoms with Crippen molar-refractivity contribution >= 4 is 6.29 Å². The predicted octanol–water partition coefficient (Wildman–Crippen LogP) is 1.15. The van der Waals surface area contributed by atoms with E-state index in [9.17, 15) is 4.79 Å². The molecule has 0 aliphatic rings. The predicted molar refractivity (Wildman–Crippen MR) is 40.7 cm³/mol. The summed E-state index contributed by atoms with van der Waals surface area (Å²) in [6.07, 6.45) is 4.38. The first-order valence-corrected chi connectivity index (χ1v) is 3.47. The van der Waals surface area contributed by atoms with Gasteiger partial charge in [-0.05, 0) is 19.3 Å². The molecule has 0 spiro atoms. The highest BCUT2D eigenvalue weighted by atomic mass is 16.3. The third kappa shape index (κ3) is 3.41. The van der Waals surface area contributed by atoms with Crippen molar-refractivity contribution in [1.82, 2.24) is 0 Å². The number of aliphatic hydroxyl groups excluding tert-OH is 1. The lowest BCUT2D eigenvalue weighted by Gasteiger charge is -2.09. The van der Waals surface area contributed by atoms with E-state index in [1.165, 1.54) is 0 Å². The van der Waals surface area contributed by atoms with Gasteiger partial charge in [0, 0.05) is 0 Å². The van der Waals surface area contributed by atoms with E-state index >= 15 is 0 Å². The molecule has 0 fully saturated rings. The molecule has 0 radical (unpaired) electrons. The lowest BCUT2D eigenvalue weighted by Crippen LogP contribution is -2.17. The van der Waals surface area contributed by atoms with Crippen molar-refractivity contribution in [3.8, 4) is 0 Å². The monoisotopic (exact) mass is 142 g/mol. The average molecular weight is 142 g/mol. The summed E-state index contributed by atoms with van der Waals surface area (Å²) in [5.41, 5.74) is 0. The molecule has 0 aliphatic heterocycles. The molecule has 2 atom stereocenters. The molecule has 0 aromatic heterocycles. The lowest BCUT2D eigenvalue weighted by molar-refractivity contribution is -0.116. The quantitative estimate of drug-likeness (QED) is 0.472. The van der Waals surface area contributed by atoms with E-state index in [0.717, 1.165) is 6.42 Å². The topological polar surface area (TPSA) is 37.3 Å². The van der Waals surface area contributed by atoms with Gasteiger partial charge in [0.25, 0.3) is 0 Å². The number of allylic oxidation sites excluding steroid dienone is 2. The van der Waals surface area contributed by atoms with Crippen molar-refractivity contribution in [2.75, 3.05) is 0 Å². The minimum Gasteiger partial charge on any atom is -0.385 e. The van der Waals surface area contributed by atoms with Gasteiger partial charge in [0.05, 0.1) is 0 Å². The number of aliphatic hydroxyl groups is 1. The Labute approximate surface area is 61.6 Å². The molecule has 0 heterocycles. The Kier molecular flexibility index (Phi) is 4.85. The lowest BCUT2D eigenvalue weighted by atomic mass is 10.0. The number of aldehydes is 1. The molecule has 0 saturated carbocycles.